The van der Waals surface area contributed by atoms with Gasteiger partial charge in [0.15, 0.2) is 0 Å². The molecule has 10 aromatic rings. The van der Waals surface area contributed by atoms with Gasteiger partial charge in [0.25, 0.3) is 0 Å². The van der Waals surface area contributed by atoms with Gasteiger partial charge in [-0.05, 0) is 81.4 Å². The first-order valence-electron chi connectivity index (χ1n) is 17.8. The van der Waals surface area contributed by atoms with Gasteiger partial charge < -0.3 is 9.13 Å². The highest BCUT2D eigenvalue weighted by atomic mass is 15.0. The maximum atomic E-state index is 2.54. The summed E-state index contributed by atoms with van der Waals surface area (Å²) in [4.78, 5) is 0. The standard InChI is InChI=1S/C49H30N2/c1-2-14-31(15-3-1)51-46-29-26-32(50-44-24-12-7-19-36(44)37-20-8-13-25-45(37)50)30-40(46)39-28-27-38-35-18-6-11-23-43(35)49(47(38)48(39)51)41-21-9-4-16-33(41)34-17-5-10-22-42(34)49/h1-30H. The molecule has 0 aliphatic heterocycles. The van der Waals surface area contributed by atoms with Gasteiger partial charge in [0.1, 0.15) is 0 Å². The second-order valence-corrected chi connectivity index (χ2v) is 14.0. The van der Waals surface area contributed by atoms with Crippen LogP contribution in [0.15, 0.2) is 182 Å². The molecular weight excluding hydrogens is 617 g/mol. The van der Waals surface area contributed by atoms with E-state index in [9.17, 15) is 0 Å². The van der Waals surface area contributed by atoms with Crippen LogP contribution in [0.5, 0.6) is 0 Å². The number of hydrogen-bond donors (Lipinski definition) is 0. The molecule has 2 aliphatic rings. The maximum absolute atomic E-state index is 2.54. The quantitative estimate of drug-likeness (QED) is 0.177. The number of rotatable bonds is 2. The zero-order chi connectivity index (χ0) is 33.3. The highest BCUT2D eigenvalue weighted by Gasteiger charge is 2.53. The molecule has 0 atom stereocenters. The van der Waals surface area contributed by atoms with E-state index in [1.807, 2.05) is 0 Å². The molecule has 0 N–H and O–H groups in total. The third-order valence-electron chi connectivity index (χ3n) is 11.7. The Labute approximate surface area is 295 Å². The molecule has 2 nitrogen and oxygen atoms in total. The molecule has 2 heterocycles. The first kappa shape index (κ1) is 27.2. The first-order valence-corrected chi connectivity index (χ1v) is 17.8. The van der Waals surface area contributed by atoms with Crippen molar-refractivity contribution in [1.82, 2.24) is 9.13 Å². The monoisotopic (exact) mass is 646 g/mol. The molecule has 0 saturated heterocycles. The predicted molar refractivity (Wildman–Crippen MR) is 211 cm³/mol. The van der Waals surface area contributed by atoms with Crippen LogP contribution in [0, 0.1) is 0 Å². The maximum Gasteiger partial charge on any atom is 0.0746 e. The number of hydrogen-bond acceptors (Lipinski definition) is 0. The van der Waals surface area contributed by atoms with Crippen LogP contribution in [0.3, 0.4) is 0 Å². The van der Waals surface area contributed by atoms with Crippen LogP contribution in [0.25, 0.3) is 77.2 Å². The van der Waals surface area contributed by atoms with Crippen molar-refractivity contribution in [1.29, 1.82) is 0 Å². The molecular formula is C49H30N2. The van der Waals surface area contributed by atoms with E-state index < -0.39 is 5.41 Å². The fourth-order valence-electron chi connectivity index (χ4n) is 9.86. The smallest absolute Gasteiger partial charge is 0.0746 e. The number of aromatic nitrogens is 2. The minimum absolute atomic E-state index is 0.449. The van der Waals surface area contributed by atoms with Crippen LogP contribution < -0.4 is 0 Å². The van der Waals surface area contributed by atoms with E-state index in [1.54, 1.807) is 0 Å². The molecule has 0 radical (unpaired) electrons. The molecule has 0 amide bonds. The van der Waals surface area contributed by atoms with Gasteiger partial charge in [-0.1, -0.05) is 140 Å². The third-order valence-corrected chi connectivity index (χ3v) is 11.7. The molecule has 0 fully saturated rings. The van der Waals surface area contributed by atoms with Crippen molar-refractivity contribution in [3.8, 4) is 33.6 Å². The summed E-state index contributed by atoms with van der Waals surface area (Å²) in [5, 5.41) is 5.07. The lowest BCUT2D eigenvalue weighted by molar-refractivity contribution is 0.797. The van der Waals surface area contributed by atoms with E-state index in [1.165, 1.54) is 99.5 Å². The van der Waals surface area contributed by atoms with Crippen LogP contribution in [0.2, 0.25) is 0 Å². The molecule has 0 unspecified atom stereocenters. The highest BCUT2D eigenvalue weighted by molar-refractivity contribution is 6.16. The lowest BCUT2D eigenvalue weighted by Crippen LogP contribution is -2.26. The van der Waals surface area contributed by atoms with Crippen molar-refractivity contribution in [2.24, 2.45) is 0 Å². The Bertz CT molecular complexity index is 2970. The molecule has 0 saturated carbocycles. The van der Waals surface area contributed by atoms with Gasteiger partial charge in [0.05, 0.1) is 27.5 Å². The fourth-order valence-corrected chi connectivity index (χ4v) is 9.86. The summed E-state index contributed by atoms with van der Waals surface area (Å²) in [5.74, 6) is 0. The van der Waals surface area contributed by atoms with E-state index in [2.05, 4.69) is 191 Å². The molecule has 51 heavy (non-hydrogen) atoms. The second kappa shape index (κ2) is 9.74. The Morgan fingerprint density at radius 1 is 0.314 bits per heavy atom. The summed E-state index contributed by atoms with van der Waals surface area (Å²) in [6, 6.07) is 67.7. The fraction of sp³-hybridized carbons (Fsp3) is 0.0204. The molecule has 236 valence electrons. The summed E-state index contributed by atoms with van der Waals surface area (Å²) < 4.78 is 4.97. The topological polar surface area (TPSA) is 9.86 Å². The van der Waals surface area contributed by atoms with Gasteiger partial charge in [0.2, 0.25) is 0 Å². The minimum Gasteiger partial charge on any atom is -0.309 e. The van der Waals surface area contributed by atoms with E-state index in [-0.39, 0.29) is 0 Å². The van der Waals surface area contributed by atoms with Crippen molar-refractivity contribution in [3.63, 3.8) is 0 Å². The van der Waals surface area contributed by atoms with Crippen molar-refractivity contribution < 1.29 is 0 Å². The number of fused-ring (bicyclic) bond motifs is 17. The van der Waals surface area contributed by atoms with Gasteiger partial charge in [-0.3, -0.25) is 0 Å². The van der Waals surface area contributed by atoms with Crippen LogP contribution in [0.1, 0.15) is 22.3 Å². The summed E-state index contributed by atoms with van der Waals surface area (Å²) in [6.45, 7) is 0. The average Bonchev–Trinajstić information content (AvgIpc) is 3.90. The van der Waals surface area contributed by atoms with Crippen LogP contribution in [-0.4, -0.2) is 9.13 Å². The van der Waals surface area contributed by atoms with Crippen molar-refractivity contribution in [3.05, 3.63) is 204 Å². The number of nitrogens with zero attached hydrogens (tertiary/aromatic N) is 2. The Hall–Kier alpha value is -6.64. The lowest BCUT2D eigenvalue weighted by Gasteiger charge is -2.31. The van der Waals surface area contributed by atoms with Gasteiger partial charge in [0, 0.05) is 38.5 Å². The zero-order valence-electron chi connectivity index (χ0n) is 27.7. The Morgan fingerprint density at radius 3 is 1.45 bits per heavy atom. The van der Waals surface area contributed by atoms with Crippen LogP contribution in [0.4, 0.5) is 0 Å². The molecule has 12 rings (SSSR count). The summed E-state index contributed by atoms with van der Waals surface area (Å²) in [7, 11) is 0. The highest BCUT2D eigenvalue weighted by Crippen LogP contribution is 2.64. The number of para-hydroxylation sites is 3. The molecule has 1 spiro atoms. The van der Waals surface area contributed by atoms with Gasteiger partial charge in [-0.2, -0.15) is 0 Å². The molecule has 8 aromatic carbocycles. The first-order chi connectivity index (χ1) is 25.3. The Morgan fingerprint density at radius 2 is 0.824 bits per heavy atom. The Kier molecular flexibility index (Phi) is 5.20. The van der Waals surface area contributed by atoms with Gasteiger partial charge in [-0.15, -0.1) is 0 Å². The van der Waals surface area contributed by atoms with Crippen molar-refractivity contribution in [2.75, 3.05) is 0 Å². The van der Waals surface area contributed by atoms with Crippen LogP contribution >= 0.6 is 0 Å². The van der Waals surface area contributed by atoms with Crippen molar-refractivity contribution >= 4 is 43.6 Å². The molecule has 0 bridgehead atoms. The molecule has 2 aromatic heterocycles. The summed E-state index contributed by atoms with van der Waals surface area (Å²) in [5.41, 5.74) is 17.5. The largest absolute Gasteiger partial charge is 0.309 e. The van der Waals surface area contributed by atoms with E-state index in [4.69, 9.17) is 0 Å². The van der Waals surface area contributed by atoms with Crippen LogP contribution in [-0.2, 0) is 5.41 Å². The van der Waals surface area contributed by atoms with Crippen molar-refractivity contribution in [2.45, 2.75) is 5.41 Å². The SMILES string of the molecule is c1ccc(-n2c3ccc(-n4c5ccccc5c5ccccc54)cc3c3ccc4c(c32)C2(c3ccccc3-c3ccccc32)c2ccccc2-4)cc1. The lowest BCUT2D eigenvalue weighted by atomic mass is 9.70. The minimum atomic E-state index is -0.449. The number of benzene rings is 8. The van der Waals surface area contributed by atoms with E-state index in [0.717, 1.165) is 0 Å². The average molecular weight is 647 g/mol. The summed E-state index contributed by atoms with van der Waals surface area (Å²) >= 11 is 0. The molecule has 2 aliphatic carbocycles. The Balaban J connectivity index is 1.27. The van der Waals surface area contributed by atoms with Gasteiger partial charge in [-0.25, -0.2) is 0 Å². The molecule has 2 heteroatoms. The van der Waals surface area contributed by atoms with E-state index in [0.29, 0.717) is 0 Å². The normalized spacial score (nSPS) is 13.6. The second-order valence-electron chi connectivity index (χ2n) is 14.0. The van der Waals surface area contributed by atoms with Gasteiger partial charge >= 0.3 is 0 Å². The zero-order valence-corrected chi connectivity index (χ0v) is 27.7. The predicted octanol–water partition coefficient (Wildman–Crippen LogP) is 12.2. The van der Waals surface area contributed by atoms with E-state index >= 15 is 0 Å². The third kappa shape index (κ3) is 3.28. The summed E-state index contributed by atoms with van der Waals surface area (Å²) in [6.07, 6.45) is 0.